The Bertz CT molecular complexity index is 170. The summed E-state index contributed by atoms with van der Waals surface area (Å²) in [6.45, 7) is 0.157. The van der Waals surface area contributed by atoms with Crippen molar-refractivity contribution in [2.75, 3.05) is 6.54 Å². The van der Waals surface area contributed by atoms with Gasteiger partial charge in [-0.15, -0.1) is 0 Å². The lowest BCUT2D eigenvalue weighted by atomic mass is 10.2. The molecule has 3 atom stereocenters. The Morgan fingerprint density at radius 1 is 1.64 bits per heavy atom. The number of hydrogen-bond donors (Lipinski definition) is 2. The van der Waals surface area contributed by atoms with Crippen LogP contribution in [0, 0.1) is 0 Å². The van der Waals surface area contributed by atoms with Crippen molar-refractivity contribution in [3.63, 3.8) is 0 Å². The van der Waals surface area contributed by atoms with E-state index in [2.05, 4.69) is 10.0 Å². The van der Waals surface area contributed by atoms with Gasteiger partial charge >= 0.3 is 0 Å². The first-order valence-electron chi connectivity index (χ1n) is 3.26. The third-order valence-electron chi connectivity index (χ3n) is 1.51. The minimum Gasteiger partial charge on any atom is -0.388 e. The second-order valence-electron chi connectivity index (χ2n) is 2.37. The van der Waals surface area contributed by atoms with Crippen LogP contribution in [0.15, 0.2) is 5.11 Å². The molecule has 0 radical (unpaired) electrons. The summed E-state index contributed by atoms with van der Waals surface area (Å²) in [5.74, 6) is 0. The number of ether oxygens (including phenoxy) is 1. The van der Waals surface area contributed by atoms with Gasteiger partial charge in [0.1, 0.15) is 6.10 Å². The zero-order valence-corrected chi connectivity index (χ0v) is 5.79. The van der Waals surface area contributed by atoms with Gasteiger partial charge < -0.3 is 14.9 Å². The molecule has 0 aliphatic carbocycles. The average molecular weight is 159 g/mol. The van der Waals surface area contributed by atoms with Crippen molar-refractivity contribution < 1.29 is 14.9 Å². The van der Waals surface area contributed by atoms with Crippen LogP contribution in [0.4, 0.5) is 0 Å². The summed E-state index contributed by atoms with van der Waals surface area (Å²) < 4.78 is 4.82. The Labute approximate surface area is 63.0 Å². The van der Waals surface area contributed by atoms with E-state index in [1.165, 1.54) is 0 Å². The SMILES string of the molecule is [N-]=[N+]=NC[C@@H]1C[C@@H](O)[C@@H](O)O1. The van der Waals surface area contributed by atoms with Crippen molar-refractivity contribution in [3.8, 4) is 0 Å². The molecule has 0 unspecified atom stereocenters. The second-order valence-corrected chi connectivity index (χ2v) is 2.37. The average Bonchev–Trinajstić information content (AvgIpc) is 2.28. The molecule has 1 aliphatic heterocycles. The molecule has 1 saturated heterocycles. The second kappa shape index (κ2) is 3.54. The third kappa shape index (κ3) is 2.06. The van der Waals surface area contributed by atoms with Crippen LogP contribution in [-0.2, 0) is 4.74 Å². The van der Waals surface area contributed by atoms with Gasteiger partial charge in [0.25, 0.3) is 0 Å². The predicted molar refractivity (Wildman–Crippen MR) is 35.5 cm³/mol. The van der Waals surface area contributed by atoms with Gasteiger partial charge in [0, 0.05) is 11.3 Å². The Morgan fingerprint density at radius 2 is 2.36 bits per heavy atom. The molecule has 0 aromatic rings. The maximum Gasteiger partial charge on any atom is 0.181 e. The number of rotatable bonds is 2. The molecule has 6 heteroatoms. The van der Waals surface area contributed by atoms with Crippen LogP contribution in [-0.4, -0.2) is 35.3 Å². The summed E-state index contributed by atoms with van der Waals surface area (Å²) in [6, 6.07) is 0. The fourth-order valence-electron chi connectivity index (χ4n) is 0.974. The number of hydrogen-bond acceptors (Lipinski definition) is 4. The van der Waals surface area contributed by atoms with Crippen LogP contribution < -0.4 is 0 Å². The molecule has 0 amide bonds. The van der Waals surface area contributed by atoms with Crippen LogP contribution in [0.3, 0.4) is 0 Å². The van der Waals surface area contributed by atoms with E-state index in [1.54, 1.807) is 0 Å². The molecule has 1 fully saturated rings. The molecule has 62 valence electrons. The lowest BCUT2D eigenvalue weighted by Crippen LogP contribution is -2.19. The van der Waals surface area contributed by atoms with Crippen LogP contribution in [0.25, 0.3) is 10.4 Å². The molecule has 0 saturated carbocycles. The quantitative estimate of drug-likeness (QED) is 0.330. The maximum absolute atomic E-state index is 8.96. The van der Waals surface area contributed by atoms with Gasteiger partial charge in [-0.05, 0) is 5.53 Å². The van der Waals surface area contributed by atoms with Crippen molar-refractivity contribution in [3.05, 3.63) is 10.4 Å². The minimum absolute atomic E-state index is 0.157. The highest BCUT2D eigenvalue weighted by molar-refractivity contribution is 4.77. The number of nitrogens with zero attached hydrogens (tertiary/aromatic N) is 3. The van der Waals surface area contributed by atoms with Crippen molar-refractivity contribution in [2.24, 2.45) is 5.11 Å². The van der Waals surface area contributed by atoms with E-state index in [0.29, 0.717) is 6.42 Å². The Kier molecular flexibility index (Phi) is 2.67. The monoisotopic (exact) mass is 159 g/mol. The van der Waals surface area contributed by atoms with Crippen LogP contribution in [0.2, 0.25) is 0 Å². The zero-order valence-electron chi connectivity index (χ0n) is 5.79. The summed E-state index contributed by atoms with van der Waals surface area (Å²) in [4.78, 5) is 2.53. The zero-order chi connectivity index (χ0) is 8.27. The largest absolute Gasteiger partial charge is 0.388 e. The first-order chi connectivity index (χ1) is 5.24. The van der Waals surface area contributed by atoms with Gasteiger partial charge in [-0.2, -0.15) is 0 Å². The fraction of sp³-hybridized carbons (Fsp3) is 1.00. The molecule has 0 aromatic heterocycles. The van der Waals surface area contributed by atoms with Gasteiger partial charge in [-0.25, -0.2) is 0 Å². The third-order valence-corrected chi connectivity index (χ3v) is 1.51. The first-order valence-corrected chi connectivity index (χ1v) is 3.26. The predicted octanol–water partition coefficient (Wildman–Crippen LogP) is -0.235. The van der Waals surface area contributed by atoms with Gasteiger partial charge in [-0.1, -0.05) is 5.11 Å². The summed E-state index contributed by atoms with van der Waals surface area (Å²) in [7, 11) is 0. The van der Waals surface area contributed by atoms with E-state index < -0.39 is 12.4 Å². The summed E-state index contributed by atoms with van der Waals surface area (Å²) in [5, 5.41) is 21.1. The molecule has 1 aliphatic rings. The van der Waals surface area contributed by atoms with E-state index in [4.69, 9.17) is 20.5 Å². The minimum atomic E-state index is -1.13. The fourth-order valence-corrected chi connectivity index (χ4v) is 0.974. The van der Waals surface area contributed by atoms with E-state index in [9.17, 15) is 0 Å². The standard InChI is InChI=1S/C5H9N3O3/c6-8-7-2-3-1-4(9)5(10)11-3/h3-5,9-10H,1-2H2/t3-,4+,5-/m0/s1. The number of azide groups is 1. The Morgan fingerprint density at radius 3 is 2.82 bits per heavy atom. The number of aliphatic hydroxyl groups is 2. The Hall–Kier alpha value is -0.810. The number of aliphatic hydroxyl groups excluding tert-OH is 2. The molecule has 1 heterocycles. The first kappa shape index (κ1) is 8.29. The highest BCUT2D eigenvalue weighted by atomic mass is 16.6. The normalized spacial score (nSPS) is 36.7. The topological polar surface area (TPSA) is 98.5 Å². The summed E-state index contributed by atoms with van der Waals surface area (Å²) in [5.41, 5.74) is 7.94. The molecule has 0 bridgehead atoms. The van der Waals surface area contributed by atoms with Crippen molar-refractivity contribution in [2.45, 2.75) is 24.9 Å². The lowest BCUT2D eigenvalue weighted by Gasteiger charge is -2.05. The van der Waals surface area contributed by atoms with Gasteiger partial charge in [-0.3, -0.25) is 0 Å². The van der Waals surface area contributed by atoms with Crippen LogP contribution in [0.5, 0.6) is 0 Å². The molecule has 6 nitrogen and oxygen atoms in total. The van der Waals surface area contributed by atoms with E-state index in [1.807, 2.05) is 0 Å². The van der Waals surface area contributed by atoms with Gasteiger partial charge in [0.2, 0.25) is 0 Å². The summed E-state index contributed by atoms with van der Waals surface area (Å²) in [6.07, 6.45) is -2.01. The lowest BCUT2D eigenvalue weighted by molar-refractivity contribution is -0.124. The van der Waals surface area contributed by atoms with Gasteiger partial charge in [0.15, 0.2) is 6.29 Å². The van der Waals surface area contributed by atoms with E-state index >= 15 is 0 Å². The molecular weight excluding hydrogens is 150 g/mol. The molecule has 1 rings (SSSR count). The summed E-state index contributed by atoms with van der Waals surface area (Å²) >= 11 is 0. The molecule has 0 aromatic carbocycles. The molecule has 11 heavy (non-hydrogen) atoms. The highest BCUT2D eigenvalue weighted by Crippen LogP contribution is 2.18. The van der Waals surface area contributed by atoms with Gasteiger partial charge in [0.05, 0.1) is 12.6 Å². The van der Waals surface area contributed by atoms with Crippen LogP contribution >= 0.6 is 0 Å². The van der Waals surface area contributed by atoms with E-state index in [0.717, 1.165) is 0 Å². The Balaban J connectivity index is 2.34. The van der Waals surface area contributed by atoms with Crippen molar-refractivity contribution >= 4 is 0 Å². The maximum atomic E-state index is 8.96. The van der Waals surface area contributed by atoms with E-state index in [-0.39, 0.29) is 12.6 Å². The molecular formula is C5H9N3O3. The van der Waals surface area contributed by atoms with Crippen molar-refractivity contribution in [1.82, 2.24) is 0 Å². The molecule has 2 N–H and O–H groups in total. The highest BCUT2D eigenvalue weighted by Gasteiger charge is 2.31. The van der Waals surface area contributed by atoms with Crippen LogP contribution in [0.1, 0.15) is 6.42 Å². The molecule has 0 spiro atoms. The van der Waals surface area contributed by atoms with Crippen molar-refractivity contribution in [1.29, 1.82) is 0 Å². The smallest absolute Gasteiger partial charge is 0.181 e.